The normalized spacial score (nSPS) is 9.93. The molecule has 0 saturated heterocycles. The maximum absolute atomic E-state index is 6.45. The van der Waals surface area contributed by atoms with E-state index >= 15 is 0 Å². The Hall–Kier alpha value is 0.560. The Labute approximate surface area is 214 Å². The highest BCUT2D eigenvalue weighted by atomic mass is 127. The summed E-state index contributed by atoms with van der Waals surface area (Å²) in [6, 6.07) is 3.02. The zero-order valence-electron chi connectivity index (χ0n) is 13.0. The molecule has 0 amide bonds. The summed E-state index contributed by atoms with van der Waals surface area (Å²) in [5, 5.41) is 1.80. The largest absolute Gasteiger partial charge is 0.454 e. The van der Waals surface area contributed by atoms with E-state index in [9.17, 15) is 0 Å². The van der Waals surface area contributed by atoms with Crippen molar-refractivity contribution in [2.75, 3.05) is 0 Å². The Morgan fingerprint density at radius 2 is 1.04 bits per heavy atom. The number of ether oxygens (including phenoxy) is 1. The summed E-state index contributed by atoms with van der Waals surface area (Å²) in [5.74, 6) is 6.36. The quantitative estimate of drug-likeness (QED) is 0.175. The van der Waals surface area contributed by atoms with Crippen LogP contribution in [0, 0.1) is 19.7 Å². The number of rotatable bonds is 4. The van der Waals surface area contributed by atoms with Gasteiger partial charge >= 0.3 is 0 Å². The monoisotopic (exact) mass is 702 g/mol. The van der Waals surface area contributed by atoms with Gasteiger partial charge in [0.25, 0.3) is 0 Å². The minimum absolute atomic E-state index is 0.280. The van der Waals surface area contributed by atoms with Gasteiger partial charge in [-0.1, -0.05) is 81.4 Å². The van der Waals surface area contributed by atoms with Crippen molar-refractivity contribution in [3.8, 4) is 31.2 Å². The molecule has 0 unspecified atom stereocenters. The topological polar surface area (TPSA) is 9.23 Å². The maximum Gasteiger partial charge on any atom is 0.148 e. The zero-order valence-corrected chi connectivity index (χ0v) is 21.9. The molecular weight excluding hydrogens is 699 g/mol. The summed E-state index contributed by atoms with van der Waals surface area (Å²) in [6.45, 7) is 0. The minimum Gasteiger partial charge on any atom is -0.454 e. The Balaban J connectivity index is 2.56. The lowest BCUT2D eigenvalue weighted by atomic mass is 10.1. The summed E-state index contributed by atoms with van der Waals surface area (Å²) >= 11 is 41.7. The zero-order chi connectivity index (χ0) is 20.1. The third kappa shape index (κ3) is 5.80. The summed E-state index contributed by atoms with van der Waals surface area (Å²) in [5.41, 5.74) is 1.13. The molecule has 2 aromatic rings. The van der Waals surface area contributed by atoms with Gasteiger partial charge in [0.15, 0.2) is 0 Å². The van der Waals surface area contributed by atoms with Gasteiger partial charge in [-0.25, -0.2) is 0 Å². The predicted molar refractivity (Wildman–Crippen MR) is 134 cm³/mol. The highest BCUT2D eigenvalue weighted by molar-refractivity contribution is 14.1. The van der Waals surface area contributed by atoms with Crippen LogP contribution in [0.4, 0.5) is 0 Å². The van der Waals surface area contributed by atoms with Gasteiger partial charge in [-0.05, 0) is 7.85 Å². The lowest BCUT2D eigenvalue weighted by molar-refractivity contribution is 0.482. The van der Waals surface area contributed by atoms with Gasteiger partial charge < -0.3 is 4.74 Å². The second kappa shape index (κ2) is 11.1. The molecule has 2 rings (SSSR count). The van der Waals surface area contributed by atoms with Crippen LogP contribution in [-0.4, -0.2) is 0 Å². The Bertz CT molecular complexity index is 933. The van der Waals surface area contributed by atoms with Gasteiger partial charge in [-0.2, -0.15) is 0 Å². The van der Waals surface area contributed by atoms with Gasteiger partial charge in [0.05, 0.1) is 30.1 Å². The molecule has 0 fully saturated rings. The lowest BCUT2D eigenvalue weighted by Crippen LogP contribution is -1.96. The molecule has 2 aromatic carbocycles. The van der Waals surface area contributed by atoms with E-state index in [1.54, 1.807) is 0 Å². The summed E-state index contributed by atoms with van der Waals surface area (Å²) in [6.07, 6.45) is 0.645. The molecule has 0 N–H and O–H groups in total. The van der Waals surface area contributed by atoms with Crippen LogP contribution in [0.5, 0.6) is 11.5 Å². The average molecular weight is 705 g/mol. The van der Waals surface area contributed by atoms with E-state index in [0.717, 1.165) is 0 Å². The minimum atomic E-state index is 0.280. The van der Waals surface area contributed by atoms with Gasteiger partial charge in [0.2, 0.25) is 0 Å². The molecular formula is C18H6Cl6I2O. The van der Waals surface area contributed by atoms with Crippen LogP contribution >= 0.6 is 115 Å². The van der Waals surface area contributed by atoms with E-state index in [1.807, 2.05) is 45.2 Å². The van der Waals surface area contributed by atoms with Crippen LogP contribution in [0.25, 0.3) is 0 Å². The molecule has 1 nitrogen and oxygen atoms in total. The van der Waals surface area contributed by atoms with E-state index in [0.29, 0.717) is 44.1 Å². The van der Waals surface area contributed by atoms with E-state index in [1.165, 1.54) is 12.1 Å². The molecule has 0 aliphatic heterocycles. The van der Waals surface area contributed by atoms with Gasteiger partial charge in [-0.15, -0.1) is 0 Å². The maximum atomic E-state index is 6.45. The fraction of sp³-hybridized carbons (Fsp3) is 0.111. The van der Waals surface area contributed by atoms with Crippen LogP contribution in [0.1, 0.15) is 11.1 Å². The third-order valence-electron chi connectivity index (χ3n) is 3.31. The van der Waals surface area contributed by atoms with Crippen molar-refractivity contribution in [3.05, 3.63) is 53.4 Å². The van der Waals surface area contributed by atoms with Gasteiger partial charge in [-0.3, -0.25) is 0 Å². The molecule has 0 saturated carbocycles. The third-order valence-corrected chi connectivity index (χ3v) is 6.56. The molecule has 140 valence electrons. The predicted octanol–water partition coefficient (Wildman–Crippen LogP) is 9.28. The first-order valence-corrected chi connectivity index (χ1v) is 11.4. The van der Waals surface area contributed by atoms with E-state index in [4.69, 9.17) is 74.3 Å². The number of hydrogen-bond donors (Lipinski definition) is 0. The van der Waals surface area contributed by atoms with E-state index < -0.39 is 0 Å². The Morgan fingerprint density at radius 3 is 1.37 bits per heavy atom. The molecule has 0 aliphatic rings. The molecule has 0 heterocycles. The summed E-state index contributed by atoms with van der Waals surface area (Å²) in [7, 11) is 0. The molecule has 0 radical (unpaired) electrons. The standard InChI is InChI=1S/C18H6Cl6I2O/c19-11-7-13(17(23)9(15(11)21)3-1-5-25)27-14-8-12(20)16(22)10(18(14)24)4-2-6-26/h7-8H,3-4H2. The number of hydrogen-bond acceptors (Lipinski definition) is 1. The highest BCUT2D eigenvalue weighted by Crippen LogP contribution is 2.45. The lowest BCUT2D eigenvalue weighted by Gasteiger charge is -2.16. The summed E-state index contributed by atoms with van der Waals surface area (Å²) < 4.78 is 11.4. The van der Waals surface area contributed by atoms with Crippen molar-refractivity contribution < 1.29 is 4.74 Å². The SMILES string of the molecule is Clc1cc(Oc2cc(Cl)c(Cl)c(CC#CI)c2Cl)c(Cl)c(CC#CI)c1Cl. The Kier molecular flexibility index (Phi) is 9.79. The second-order valence-corrected chi connectivity index (χ2v) is 8.33. The fourth-order valence-electron chi connectivity index (χ4n) is 2.08. The van der Waals surface area contributed by atoms with Crippen molar-refractivity contribution in [3.63, 3.8) is 0 Å². The van der Waals surface area contributed by atoms with Gasteiger partial charge in [0.1, 0.15) is 11.5 Å². The van der Waals surface area contributed by atoms with Crippen LogP contribution < -0.4 is 4.74 Å². The molecule has 0 atom stereocenters. The van der Waals surface area contributed by atoms with Crippen LogP contribution in [0.2, 0.25) is 30.1 Å². The van der Waals surface area contributed by atoms with Crippen molar-refractivity contribution in [2.24, 2.45) is 0 Å². The molecule has 0 aliphatic carbocycles. The molecule has 0 spiro atoms. The van der Waals surface area contributed by atoms with Crippen molar-refractivity contribution in [1.29, 1.82) is 0 Å². The second-order valence-electron chi connectivity index (χ2n) is 4.92. The van der Waals surface area contributed by atoms with Crippen LogP contribution in [0.15, 0.2) is 12.1 Å². The van der Waals surface area contributed by atoms with Crippen LogP contribution in [-0.2, 0) is 12.8 Å². The highest BCUT2D eigenvalue weighted by Gasteiger charge is 2.20. The summed E-state index contributed by atoms with van der Waals surface area (Å²) in [4.78, 5) is 0. The van der Waals surface area contributed by atoms with Crippen molar-refractivity contribution in [1.82, 2.24) is 0 Å². The van der Waals surface area contributed by atoms with Crippen LogP contribution in [0.3, 0.4) is 0 Å². The van der Waals surface area contributed by atoms with Crippen molar-refractivity contribution >= 4 is 115 Å². The van der Waals surface area contributed by atoms with Crippen molar-refractivity contribution in [2.45, 2.75) is 12.8 Å². The molecule has 9 heteroatoms. The first-order valence-electron chi connectivity index (χ1n) is 6.99. The molecule has 0 aromatic heterocycles. The average Bonchev–Trinajstić information content (AvgIpc) is 2.64. The van der Waals surface area contributed by atoms with E-state index in [-0.39, 0.29) is 21.5 Å². The number of benzene rings is 2. The molecule has 0 bridgehead atoms. The van der Waals surface area contributed by atoms with E-state index in [2.05, 4.69) is 19.7 Å². The number of halogens is 8. The molecule has 27 heavy (non-hydrogen) atoms. The first-order chi connectivity index (χ1) is 12.8. The smallest absolute Gasteiger partial charge is 0.148 e. The van der Waals surface area contributed by atoms with Gasteiger partial charge in [0, 0.05) is 81.3 Å². The fourth-order valence-corrected chi connectivity index (χ4v) is 3.93. The Morgan fingerprint density at radius 1 is 0.667 bits per heavy atom. The first kappa shape index (κ1) is 23.8.